The molecule has 0 spiro atoms. The van der Waals surface area contributed by atoms with E-state index in [1.807, 2.05) is 24.3 Å². The zero-order valence-corrected chi connectivity index (χ0v) is 14.4. The minimum atomic E-state index is -0.863. The van der Waals surface area contributed by atoms with Crippen LogP contribution in [0.5, 0.6) is 0 Å². The molecule has 0 amide bonds. The van der Waals surface area contributed by atoms with E-state index in [1.54, 1.807) is 6.20 Å². The van der Waals surface area contributed by atoms with Crippen LogP contribution in [0.3, 0.4) is 0 Å². The summed E-state index contributed by atoms with van der Waals surface area (Å²) in [7, 11) is 0. The van der Waals surface area contributed by atoms with Crippen molar-refractivity contribution in [3.05, 3.63) is 66.0 Å². The second kappa shape index (κ2) is 6.09. The van der Waals surface area contributed by atoms with Crippen LogP contribution in [0.25, 0.3) is 0 Å². The van der Waals surface area contributed by atoms with Gasteiger partial charge in [0.25, 0.3) is 0 Å². The number of hydrogen-bond acceptors (Lipinski definition) is 2. The van der Waals surface area contributed by atoms with E-state index in [-0.39, 0.29) is 11.3 Å². The molecule has 0 bridgehead atoms. The lowest BCUT2D eigenvalue weighted by Gasteiger charge is -2.49. The fourth-order valence-corrected chi connectivity index (χ4v) is 4.39. The number of nitrogens with zero attached hydrogens (tertiary/aromatic N) is 1. The molecule has 1 aliphatic rings. The summed E-state index contributed by atoms with van der Waals surface area (Å²) in [4.78, 5) is 4.52. The van der Waals surface area contributed by atoms with E-state index in [0.29, 0.717) is 5.92 Å². The molecular formula is C21H27NO. The van der Waals surface area contributed by atoms with Crippen molar-refractivity contribution in [1.29, 1.82) is 0 Å². The molecule has 0 radical (unpaired) electrons. The second-order valence-electron chi connectivity index (χ2n) is 7.67. The molecule has 1 fully saturated rings. The van der Waals surface area contributed by atoms with E-state index in [4.69, 9.17) is 0 Å². The van der Waals surface area contributed by atoms with Crippen LogP contribution in [-0.4, -0.2) is 10.1 Å². The predicted octanol–water partition coefficient (Wildman–Crippen LogP) is 4.68. The van der Waals surface area contributed by atoms with E-state index >= 15 is 0 Å². The standard InChI is InChI=1S/C21H27NO/c1-16-12-13-18(20(2,3)17-9-5-4-6-10-17)21(23,15-16)19-11-7-8-14-22-19/h4-11,14,16,18,23H,12-13,15H2,1-3H3/t16-,18-,21-/m1/s1. The molecule has 0 unspecified atom stereocenters. The fourth-order valence-electron chi connectivity index (χ4n) is 4.39. The van der Waals surface area contributed by atoms with Gasteiger partial charge in [0.05, 0.1) is 5.69 Å². The lowest BCUT2D eigenvalue weighted by Crippen LogP contribution is -2.49. The van der Waals surface area contributed by atoms with Crippen LogP contribution >= 0.6 is 0 Å². The Kier molecular flexibility index (Phi) is 4.29. The number of rotatable bonds is 3. The summed E-state index contributed by atoms with van der Waals surface area (Å²) in [6.07, 6.45) is 4.76. The molecule has 1 N–H and O–H groups in total. The first kappa shape index (κ1) is 16.2. The Balaban J connectivity index is 2.05. The fraction of sp³-hybridized carbons (Fsp3) is 0.476. The van der Waals surface area contributed by atoms with Gasteiger partial charge in [0.1, 0.15) is 5.60 Å². The maximum absolute atomic E-state index is 11.7. The topological polar surface area (TPSA) is 33.1 Å². The van der Waals surface area contributed by atoms with Gasteiger partial charge in [0.2, 0.25) is 0 Å². The lowest BCUT2D eigenvalue weighted by atomic mass is 9.58. The number of hydrogen-bond donors (Lipinski definition) is 1. The van der Waals surface area contributed by atoms with Crippen LogP contribution in [-0.2, 0) is 11.0 Å². The highest BCUT2D eigenvalue weighted by molar-refractivity contribution is 5.28. The van der Waals surface area contributed by atoms with Crippen molar-refractivity contribution in [3.8, 4) is 0 Å². The Labute approximate surface area is 139 Å². The van der Waals surface area contributed by atoms with Crippen LogP contribution in [0.15, 0.2) is 54.7 Å². The van der Waals surface area contributed by atoms with E-state index in [2.05, 4.69) is 50.0 Å². The minimum absolute atomic E-state index is 0.104. The van der Waals surface area contributed by atoms with Crippen molar-refractivity contribution >= 4 is 0 Å². The molecule has 1 aliphatic carbocycles. The summed E-state index contributed by atoms with van der Waals surface area (Å²) in [5.74, 6) is 0.674. The summed E-state index contributed by atoms with van der Waals surface area (Å²) >= 11 is 0. The summed E-state index contributed by atoms with van der Waals surface area (Å²) in [5, 5.41) is 11.7. The summed E-state index contributed by atoms with van der Waals surface area (Å²) in [5.41, 5.74) is 1.14. The highest BCUT2D eigenvalue weighted by atomic mass is 16.3. The largest absolute Gasteiger partial charge is 0.383 e. The molecule has 0 aliphatic heterocycles. The molecule has 1 aromatic carbocycles. The van der Waals surface area contributed by atoms with Crippen LogP contribution in [0, 0.1) is 11.8 Å². The third-order valence-electron chi connectivity index (χ3n) is 5.68. The molecule has 0 saturated heterocycles. The van der Waals surface area contributed by atoms with Crippen molar-refractivity contribution in [1.82, 2.24) is 4.98 Å². The van der Waals surface area contributed by atoms with Gasteiger partial charge in [-0.3, -0.25) is 4.98 Å². The van der Waals surface area contributed by atoms with Crippen LogP contribution in [0.1, 0.15) is 51.3 Å². The molecule has 1 heterocycles. The number of aromatic nitrogens is 1. The zero-order valence-electron chi connectivity index (χ0n) is 14.4. The van der Waals surface area contributed by atoms with Crippen molar-refractivity contribution in [2.24, 2.45) is 11.8 Å². The van der Waals surface area contributed by atoms with Crippen molar-refractivity contribution < 1.29 is 5.11 Å². The molecular weight excluding hydrogens is 282 g/mol. The smallest absolute Gasteiger partial charge is 0.110 e. The highest BCUT2D eigenvalue weighted by Gasteiger charge is 2.50. The van der Waals surface area contributed by atoms with Gasteiger partial charge in [0.15, 0.2) is 0 Å². The predicted molar refractivity (Wildman–Crippen MR) is 94.1 cm³/mol. The Morgan fingerprint density at radius 3 is 2.39 bits per heavy atom. The van der Waals surface area contributed by atoms with Gasteiger partial charge in [-0.25, -0.2) is 0 Å². The van der Waals surface area contributed by atoms with Gasteiger partial charge in [-0.2, -0.15) is 0 Å². The molecule has 3 rings (SSSR count). The Bertz CT molecular complexity index is 637. The molecule has 1 saturated carbocycles. The molecule has 122 valence electrons. The molecule has 23 heavy (non-hydrogen) atoms. The Morgan fingerprint density at radius 1 is 1.04 bits per heavy atom. The molecule has 3 atom stereocenters. The first-order valence-corrected chi connectivity index (χ1v) is 8.64. The van der Waals surface area contributed by atoms with E-state index in [9.17, 15) is 5.11 Å². The number of benzene rings is 1. The van der Waals surface area contributed by atoms with Gasteiger partial charge in [-0.1, -0.05) is 63.6 Å². The first-order chi connectivity index (χ1) is 10.9. The van der Waals surface area contributed by atoms with Crippen molar-refractivity contribution in [2.75, 3.05) is 0 Å². The molecule has 2 aromatic rings. The van der Waals surface area contributed by atoms with Gasteiger partial charge < -0.3 is 5.11 Å². The summed E-state index contributed by atoms with van der Waals surface area (Å²) < 4.78 is 0. The van der Waals surface area contributed by atoms with Crippen LogP contribution < -0.4 is 0 Å². The van der Waals surface area contributed by atoms with Gasteiger partial charge >= 0.3 is 0 Å². The second-order valence-corrected chi connectivity index (χ2v) is 7.67. The maximum Gasteiger partial charge on any atom is 0.110 e. The van der Waals surface area contributed by atoms with E-state index in [1.165, 1.54) is 5.56 Å². The van der Waals surface area contributed by atoms with Gasteiger partial charge in [0, 0.05) is 12.1 Å². The Hall–Kier alpha value is -1.67. The number of aliphatic hydroxyl groups is 1. The van der Waals surface area contributed by atoms with Crippen LogP contribution in [0.4, 0.5) is 0 Å². The molecule has 2 heteroatoms. The lowest BCUT2D eigenvalue weighted by molar-refractivity contribution is -0.0980. The van der Waals surface area contributed by atoms with Gasteiger partial charge in [-0.15, -0.1) is 0 Å². The first-order valence-electron chi connectivity index (χ1n) is 8.64. The van der Waals surface area contributed by atoms with Crippen molar-refractivity contribution in [3.63, 3.8) is 0 Å². The van der Waals surface area contributed by atoms with Crippen molar-refractivity contribution in [2.45, 2.75) is 51.0 Å². The summed E-state index contributed by atoms with van der Waals surface area (Å²) in [6, 6.07) is 16.4. The molecule has 2 nitrogen and oxygen atoms in total. The van der Waals surface area contributed by atoms with E-state index in [0.717, 1.165) is 25.0 Å². The van der Waals surface area contributed by atoms with Crippen LogP contribution in [0.2, 0.25) is 0 Å². The third-order valence-corrected chi connectivity index (χ3v) is 5.68. The SMILES string of the molecule is C[C@@H]1CC[C@H](C(C)(C)c2ccccc2)[C@@](O)(c2ccccn2)C1. The third kappa shape index (κ3) is 2.92. The van der Waals surface area contributed by atoms with Gasteiger partial charge in [-0.05, 0) is 41.9 Å². The minimum Gasteiger partial charge on any atom is -0.383 e. The summed E-state index contributed by atoms with van der Waals surface area (Å²) in [6.45, 7) is 6.76. The molecule has 1 aromatic heterocycles. The number of pyridine rings is 1. The normalized spacial score (nSPS) is 28.5. The Morgan fingerprint density at radius 2 is 1.74 bits per heavy atom. The average molecular weight is 309 g/mol. The maximum atomic E-state index is 11.7. The van der Waals surface area contributed by atoms with E-state index < -0.39 is 5.60 Å². The zero-order chi connectivity index (χ0) is 16.5. The highest BCUT2D eigenvalue weighted by Crippen LogP contribution is 2.51. The monoisotopic (exact) mass is 309 g/mol. The average Bonchev–Trinajstić information content (AvgIpc) is 2.56. The quantitative estimate of drug-likeness (QED) is 0.892.